The molecule has 0 atom stereocenters. The van der Waals surface area contributed by atoms with Crippen LogP contribution in [0.4, 0.5) is 4.39 Å². The van der Waals surface area contributed by atoms with Crippen molar-refractivity contribution < 1.29 is 9.18 Å². The molecule has 2 nitrogen and oxygen atoms in total. The predicted molar refractivity (Wildman–Crippen MR) is 94.6 cm³/mol. The topological polar surface area (TPSA) is 20.3 Å². The molecule has 0 N–H and O–H groups in total. The second-order valence-electron chi connectivity index (χ2n) is 6.39. The molecule has 1 saturated carbocycles. The van der Waals surface area contributed by atoms with Gasteiger partial charge >= 0.3 is 0 Å². The minimum Gasteiger partial charge on any atom is -0.335 e. The van der Waals surface area contributed by atoms with E-state index in [1.165, 1.54) is 31.4 Å². The molecule has 0 bridgehead atoms. The fourth-order valence-corrected chi connectivity index (χ4v) is 2.87. The third-order valence-electron chi connectivity index (χ3n) is 4.52. The normalized spacial score (nSPS) is 14.5. The quantitative estimate of drug-likeness (QED) is 0.708. The summed E-state index contributed by atoms with van der Waals surface area (Å²) in [7, 11) is 0. The molecule has 1 aliphatic carbocycles. The molecule has 3 heteroatoms. The average Bonchev–Trinajstić information content (AvgIpc) is 2.57. The van der Waals surface area contributed by atoms with E-state index in [0.717, 1.165) is 17.7 Å². The maximum atomic E-state index is 12.9. The number of nitrogens with zero attached hydrogens (tertiary/aromatic N) is 1. The van der Waals surface area contributed by atoms with Gasteiger partial charge in [-0.05, 0) is 48.1 Å². The maximum Gasteiger partial charge on any atom is 0.246 e. The Kier molecular flexibility index (Phi) is 5.42. The van der Waals surface area contributed by atoms with Crippen LogP contribution in [0, 0.1) is 11.7 Å². The van der Waals surface area contributed by atoms with Crippen LogP contribution >= 0.6 is 0 Å². The number of hydrogen-bond acceptors (Lipinski definition) is 1. The van der Waals surface area contributed by atoms with Gasteiger partial charge in [0.2, 0.25) is 5.91 Å². The Labute approximate surface area is 142 Å². The van der Waals surface area contributed by atoms with E-state index < -0.39 is 0 Å². The van der Waals surface area contributed by atoms with Crippen LogP contribution in [-0.2, 0) is 11.3 Å². The van der Waals surface area contributed by atoms with Gasteiger partial charge < -0.3 is 4.90 Å². The molecule has 0 aromatic heterocycles. The Morgan fingerprint density at radius 3 is 2.42 bits per heavy atom. The van der Waals surface area contributed by atoms with E-state index in [1.54, 1.807) is 24.3 Å². The first-order valence-electron chi connectivity index (χ1n) is 8.47. The molecule has 1 amide bonds. The molecule has 0 aliphatic heterocycles. The average molecular weight is 323 g/mol. The third kappa shape index (κ3) is 4.54. The highest BCUT2D eigenvalue weighted by molar-refractivity contribution is 5.91. The van der Waals surface area contributed by atoms with Crippen LogP contribution in [-0.4, -0.2) is 17.4 Å². The second kappa shape index (κ2) is 7.91. The number of benzene rings is 2. The van der Waals surface area contributed by atoms with E-state index in [-0.39, 0.29) is 11.7 Å². The zero-order chi connectivity index (χ0) is 16.8. The summed E-state index contributed by atoms with van der Waals surface area (Å²) in [4.78, 5) is 14.5. The SMILES string of the molecule is O=C(/C=C/c1ccc(F)cc1)N(Cc1ccccc1)CC1CCC1. The Morgan fingerprint density at radius 1 is 1.08 bits per heavy atom. The van der Waals surface area contributed by atoms with Gasteiger partial charge in [0.1, 0.15) is 5.82 Å². The number of halogens is 1. The highest BCUT2D eigenvalue weighted by Crippen LogP contribution is 2.27. The van der Waals surface area contributed by atoms with Crippen LogP contribution in [0.15, 0.2) is 60.7 Å². The Hall–Kier alpha value is -2.42. The van der Waals surface area contributed by atoms with Crippen LogP contribution in [0.2, 0.25) is 0 Å². The van der Waals surface area contributed by atoms with Crippen molar-refractivity contribution >= 4 is 12.0 Å². The van der Waals surface area contributed by atoms with Crippen LogP contribution in [0.25, 0.3) is 6.08 Å². The first kappa shape index (κ1) is 16.4. The lowest BCUT2D eigenvalue weighted by molar-refractivity contribution is -0.127. The first-order chi connectivity index (χ1) is 11.7. The van der Waals surface area contributed by atoms with Crippen LogP contribution in [0.5, 0.6) is 0 Å². The van der Waals surface area contributed by atoms with Crippen molar-refractivity contribution in [3.63, 3.8) is 0 Å². The van der Waals surface area contributed by atoms with Gasteiger partial charge in [0.25, 0.3) is 0 Å². The fraction of sp³-hybridized carbons (Fsp3) is 0.286. The monoisotopic (exact) mass is 323 g/mol. The standard InChI is InChI=1S/C21H22FNO/c22-20-12-9-17(10-13-20)11-14-21(24)23(16-19-7-4-8-19)15-18-5-2-1-3-6-18/h1-3,5-6,9-14,19H,4,7-8,15-16H2/b14-11+. The van der Waals surface area contributed by atoms with E-state index >= 15 is 0 Å². The lowest BCUT2D eigenvalue weighted by Crippen LogP contribution is -2.36. The lowest BCUT2D eigenvalue weighted by Gasteiger charge is -2.32. The van der Waals surface area contributed by atoms with Crippen LogP contribution in [0.3, 0.4) is 0 Å². The molecule has 2 aromatic rings. The predicted octanol–water partition coefficient (Wildman–Crippen LogP) is 4.67. The largest absolute Gasteiger partial charge is 0.335 e. The smallest absolute Gasteiger partial charge is 0.246 e. The minimum absolute atomic E-state index is 0.00933. The molecule has 0 spiro atoms. The van der Waals surface area contributed by atoms with E-state index in [1.807, 2.05) is 35.2 Å². The summed E-state index contributed by atoms with van der Waals surface area (Å²) in [6, 6.07) is 16.2. The van der Waals surface area contributed by atoms with Gasteiger partial charge in [-0.25, -0.2) is 4.39 Å². The number of hydrogen-bond donors (Lipinski definition) is 0. The summed E-state index contributed by atoms with van der Waals surface area (Å²) >= 11 is 0. The number of amides is 1. The maximum absolute atomic E-state index is 12.9. The van der Waals surface area contributed by atoms with Gasteiger partial charge in [-0.2, -0.15) is 0 Å². The molecule has 0 saturated heterocycles. The molecular weight excluding hydrogens is 301 g/mol. The molecule has 1 aliphatic rings. The molecule has 0 radical (unpaired) electrons. The van der Waals surface area contributed by atoms with Gasteiger partial charge in [0, 0.05) is 19.2 Å². The summed E-state index contributed by atoms with van der Waals surface area (Å²) in [5.41, 5.74) is 1.97. The fourth-order valence-electron chi connectivity index (χ4n) is 2.87. The molecular formula is C21H22FNO. The summed E-state index contributed by atoms with van der Waals surface area (Å²) in [5, 5.41) is 0. The van der Waals surface area contributed by atoms with Crippen LogP contribution in [0.1, 0.15) is 30.4 Å². The Bertz CT molecular complexity index is 690. The Balaban J connectivity index is 1.68. The first-order valence-corrected chi connectivity index (χ1v) is 8.47. The third-order valence-corrected chi connectivity index (χ3v) is 4.52. The van der Waals surface area contributed by atoms with Gasteiger partial charge in [-0.15, -0.1) is 0 Å². The van der Waals surface area contributed by atoms with Crippen molar-refractivity contribution in [2.75, 3.05) is 6.54 Å². The molecule has 1 fully saturated rings. The second-order valence-corrected chi connectivity index (χ2v) is 6.39. The zero-order valence-electron chi connectivity index (χ0n) is 13.7. The van der Waals surface area contributed by atoms with E-state index in [9.17, 15) is 9.18 Å². The van der Waals surface area contributed by atoms with Crippen molar-refractivity contribution in [1.82, 2.24) is 4.90 Å². The van der Waals surface area contributed by atoms with E-state index in [4.69, 9.17) is 0 Å². The highest BCUT2D eigenvalue weighted by atomic mass is 19.1. The van der Waals surface area contributed by atoms with E-state index in [2.05, 4.69) is 0 Å². The summed E-state index contributed by atoms with van der Waals surface area (Å²) in [6.07, 6.45) is 7.03. The van der Waals surface area contributed by atoms with Crippen molar-refractivity contribution in [3.8, 4) is 0 Å². The van der Waals surface area contributed by atoms with Crippen molar-refractivity contribution in [3.05, 3.63) is 77.6 Å². The van der Waals surface area contributed by atoms with Crippen molar-refractivity contribution in [1.29, 1.82) is 0 Å². The van der Waals surface area contributed by atoms with E-state index in [0.29, 0.717) is 12.5 Å². The number of carbonyl (C=O) groups excluding carboxylic acids is 1. The number of carbonyl (C=O) groups is 1. The molecule has 2 aromatic carbocycles. The molecule has 3 rings (SSSR count). The van der Waals surface area contributed by atoms with Crippen LogP contribution < -0.4 is 0 Å². The van der Waals surface area contributed by atoms with Crippen molar-refractivity contribution in [2.45, 2.75) is 25.8 Å². The molecule has 24 heavy (non-hydrogen) atoms. The summed E-state index contributed by atoms with van der Waals surface area (Å²) in [5.74, 6) is 0.362. The van der Waals surface area contributed by atoms with Gasteiger partial charge in [0.05, 0.1) is 0 Å². The molecule has 0 heterocycles. The highest BCUT2D eigenvalue weighted by Gasteiger charge is 2.22. The number of rotatable bonds is 6. The van der Waals surface area contributed by atoms with Crippen molar-refractivity contribution in [2.24, 2.45) is 5.92 Å². The Morgan fingerprint density at radius 2 is 1.79 bits per heavy atom. The molecule has 124 valence electrons. The minimum atomic E-state index is -0.269. The molecule has 0 unspecified atom stereocenters. The summed E-state index contributed by atoms with van der Waals surface area (Å²) < 4.78 is 12.9. The van der Waals surface area contributed by atoms with Gasteiger partial charge in [-0.1, -0.05) is 48.9 Å². The lowest BCUT2D eigenvalue weighted by atomic mass is 9.85. The van der Waals surface area contributed by atoms with Gasteiger partial charge in [0.15, 0.2) is 0 Å². The van der Waals surface area contributed by atoms with Gasteiger partial charge in [-0.3, -0.25) is 4.79 Å². The zero-order valence-corrected chi connectivity index (χ0v) is 13.7. The summed E-state index contributed by atoms with van der Waals surface area (Å²) in [6.45, 7) is 1.44.